The van der Waals surface area contributed by atoms with Crippen molar-refractivity contribution in [2.75, 3.05) is 0 Å². The highest BCUT2D eigenvalue weighted by Gasteiger charge is 2.25. The van der Waals surface area contributed by atoms with E-state index in [4.69, 9.17) is 22.4 Å². The van der Waals surface area contributed by atoms with Crippen molar-refractivity contribution < 1.29 is 19.1 Å². The van der Waals surface area contributed by atoms with Gasteiger partial charge in [0.25, 0.3) is 0 Å². The van der Waals surface area contributed by atoms with Crippen LogP contribution in [0.3, 0.4) is 0 Å². The molecule has 1 atom stereocenters. The Labute approximate surface area is 95.8 Å². The molecule has 1 rings (SSSR count). The third kappa shape index (κ3) is 2.37. The summed E-state index contributed by atoms with van der Waals surface area (Å²) in [5.41, 5.74) is 5.17. The van der Waals surface area contributed by atoms with Crippen LogP contribution >= 0.6 is 11.6 Å². The number of carboxylic acid groups (broad SMARTS) is 1. The predicted octanol–water partition coefficient (Wildman–Crippen LogP) is 1.38. The zero-order chi connectivity index (χ0) is 12.5. The molecule has 0 spiro atoms. The van der Waals surface area contributed by atoms with Crippen LogP contribution < -0.4 is 5.73 Å². The number of Topliss-reactive ketones (excluding diaryl/α,β-unsaturated/α-hetero) is 1. The van der Waals surface area contributed by atoms with E-state index in [2.05, 4.69) is 0 Å². The number of hydrogen-bond acceptors (Lipinski definition) is 3. The van der Waals surface area contributed by atoms with Crippen molar-refractivity contribution in [1.29, 1.82) is 0 Å². The molecule has 0 saturated heterocycles. The summed E-state index contributed by atoms with van der Waals surface area (Å²) in [5.74, 6) is -3.04. The fourth-order valence-electron chi connectivity index (χ4n) is 1.11. The zero-order valence-electron chi connectivity index (χ0n) is 8.33. The Morgan fingerprint density at radius 2 is 2.06 bits per heavy atom. The first-order valence-corrected chi connectivity index (χ1v) is 4.70. The average Bonchev–Trinajstić information content (AvgIpc) is 2.21. The van der Waals surface area contributed by atoms with Gasteiger partial charge in [0.2, 0.25) is 0 Å². The molecular formula is C10H9ClFNO3. The van der Waals surface area contributed by atoms with Crippen molar-refractivity contribution in [1.82, 2.24) is 0 Å². The monoisotopic (exact) mass is 245 g/mol. The Balaban J connectivity index is 3.19. The normalized spacial score (nSPS) is 12.2. The van der Waals surface area contributed by atoms with E-state index in [1.807, 2.05) is 0 Å². The maximum atomic E-state index is 13.2. The molecule has 86 valence electrons. The van der Waals surface area contributed by atoms with Gasteiger partial charge in [0.15, 0.2) is 11.8 Å². The van der Waals surface area contributed by atoms with Crippen LogP contribution in [0.4, 0.5) is 4.39 Å². The molecule has 0 radical (unpaired) electrons. The summed E-state index contributed by atoms with van der Waals surface area (Å²) in [5, 5.41) is 8.53. The second-order valence-corrected chi connectivity index (χ2v) is 3.67. The second kappa shape index (κ2) is 4.59. The Hall–Kier alpha value is -1.46. The topological polar surface area (TPSA) is 80.4 Å². The maximum Gasteiger partial charge on any atom is 0.328 e. The van der Waals surface area contributed by atoms with Crippen LogP contribution in [-0.2, 0) is 4.79 Å². The lowest BCUT2D eigenvalue weighted by Crippen LogP contribution is -2.38. The summed E-state index contributed by atoms with van der Waals surface area (Å²) in [6, 6.07) is 0.404. The van der Waals surface area contributed by atoms with E-state index >= 15 is 0 Å². The number of hydrogen-bond donors (Lipinski definition) is 2. The van der Waals surface area contributed by atoms with Gasteiger partial charge in [-0.2, -0.15) is 0 Å². The molecule has 0 heterocycles. The molecule has 0 fully saturated rings. The van der Waals surface area contributed by atoms with Crippen molar-refractivity contribution in [3.8, 4) is 0 Å². The molecule has 0 aliphatic carbocycles. The summed E-state index contributed by atoms with van der Waals surface area (Å²) in [6.45, 7) is 1.48. The molecule has 1 aromatic carbocycles. The number of halogens is 2. The maximum absolute atomic E-state index is 13.2. The summed E-state index contributed by atoms with van der Waals surface area (Å²) in [4.78, 5) is 22.0. The average molecular weight is 246 g/mol. The molecule has 1 aromatic rings. The van der Waals surface area contributed by atoms with E-state index in [-0.39, 0.29) is 16.1 Å². The third-order valence-corrected chi connectivity index (χ3v) is 2.37. The van der Waals surface area contributed by atoms with E-state index in [0.29, 0.717) is 0 Å². The van der Waals surface area contributed by atoms with Gasteiger partial charge >= 0.3 is 5.97 Å². The van der Waals surface area contributed by atoms with Gasteiger partial charge in [0, 0.05) is 5.56 Å². The lowest BCUT2D eigenvalue weighted by Gasteiger charge is -2.08. The number of benzene rings is 1. The molecule has 0 saturated carbocycles. The first kappa shape index (κ1) is 12.6. The fourth-order valence-corrected chi connectivity index (χ4v) is 1.43. The van der Waals surface area contributed by atoms with Gasteiger partial charge in [-0.1, -0.05) is 11.6 Å². The van der Waals surface area contributed by atoms with Crippen LogP contribution in [0.25, 0.3) is 0 Å². The highest BCUT2D eigenvalue weighted by Crippen LogP contribution is 2.21. The van der Waals surface area contributed by atoms with Crippen LogP contribution in [0.2, 0.25) is 5.02 Å². The lowest BCUT2D eigenvalue weighted by atomic mass is 10.0. The van der Waals surface area contributed by atoms with Gasteiger partial charge in [-0.15, -0.1) is 0 Å². The molecule has 0 bridgehead atoms. The molecule has 4 nitrogen and oxygen atoms in total. The van der Waals surface area contributed by atoms with Gasteiger partial charge in [0.1, 0.15) is 5.82 Å². The second-order valence-electron chi connectivity index (χ2n) is 3.26. The van der Waals surface area contributed by atoms with Gasteiger partial charge in [-0.3, -0.25) is 9.59 Å². The van der Waals surface area contributed by atoms with Gasteiger partial charge in [-0.25, -0.2) is 4.39 Å². The predicted molar refractivity (Wildman–Crippen MR) is 56.1 cm³/mol. The van der Waals surface area contributed by atoms with Gasteiger partial charge in [-0.05, 0) is 24.6 Å². The highest BCUT2D eigenvalue weighted by atomic mass is 35.5. The minimum Gasteiger partial charge on any atom is -0.480 e. The van der Waals surface area contributed by atoms with Crippen molar-refractivity contribution in [3.63, 3.8) is 0 Å². The van der Waals surface area contributed by atoms with Crippen molar-refractivity contribution in [2.24, 2.45) is 5.73 Å². The molecular weight excluding hydrogens is 237 g/mol. The minimum absolute atomic E-state index is 0.0133. The van der Waals surface area contributed by atoms with Crippen LogP contribution in [0.1, 0.15) is 15.9 Å². The van der Waals surface area contributed by atoms with Crippen LogP contribution in [0.5, 0.6) is 0 Å². The molecule has 16 heavy (non-hydrogen) atoms. The van der Waals surface area contributed by atoms with E-state index < -0.39 is 23.6 Å². The van der Waals surface area contributed by atoms with Crippen LogP contribution in [0, 0.1) is 12.7 Å². The Morgan fingerprint density at radius 1 is 1.50 bits per heavy atom. The van der Waals surface area contributed by atoms with Crippen molar-refractivity contribution in [3.05, 3.63) is 34.1 Å². The number of rotatable bonds is 3. The molecule has 0 amide bonds. The quantitative estimate of drug-likeness (QED) is 0.623. The molecule has 0 aromatic heterocycles. The van der Waals surface area contributed by atoms with Crippen molar-refractivity contribution >= 4 is 23.4 Å². The Morgan fingerprint density at radius 3 is 2.56 bits per heavy atom. The summed E-state index contributed by atoms with van der Waals surface area (Å²) < 4.78 is 13.2. The number of carboxylic acids is 1. The van der Waals surface area contributed by atoms with E-state index in [1.54, 1.807) is 0 Å². The number of ketones is 1. The van der Waals surface area contributed by atoms with Gasteiger partial charge < -0.3 is 10.8 Å². The van der Waals surface area contributed by atoms with Crippen LogP contribution in [0.15, 0.2) is 12.1 Å². The first-order valence-electron chi connectivity index (χ1n) is 4.33. The summed E-state index contributed by atoms with van der Waals surface area (Å²) in [6.07, 6.45) is 0. The smallest absolute Gasteiger partial charge is 0.328 e. The Kier molecular flexibility index (Phi) is 3.62. The number of aliphatic carboxylic acids is 1. The van der Waals surface area contributed by atoms with Gasteiger partial charge in [0.05, 0.1) is 5.02 Å². The number of carbonyl (C=O) groups excluding carboxylic acids is 1. The molecule has 0 aliphatic rings. The minimum atomic E-state index is -1.74. The first-order chi connectivity index (χ1) is 7.34. The summed E-state index contributed by atoms with van der Waals surface area (Å²) in [7, 11) is 0. The molecule has 3 N–H and O–H groups in total. The lowest BCUT2D eigenvalue weighted by molar-refractivity contribution is -0.137. The number of aryl methyl sites for hydroxylation is 1. The standard InChI is InChI=1S/C10H9ClFNO3/c1-4-2-6(11)5(3-7(4)12)9(14)8(13)10(15)16/h2-3,8H,13H2,1H3,(H,15,16). The SMILES string of the molecule is Cc1cc(Cl)c(C(=O)C(N)C(=O)O)cc1F. The highest BCUT2D eigenvalue weighted by molar-refractivity contribution is 6.34. The largest absolute Gasteiger partial charge is 0.480 e. The third-order valence-electron chi connectivity index (χ3n) is 2.06. The molecule has 6 heteroatoms. The Bertz CT molecular complexity index is 462. The fraction of sp³-hybridized carbons (Fsp3) is 0.200. The van der Waals surface area contributed by atoms with E-state index in [1.165, 1.54) is 13.0 Å². The zero-order valence-corrected chi connectivity index (χ0v) is 9.08. The number of nitrogens with two attached hydrogens (primary N) is 1. The van der Waals surface area contributed by atoms with E-state index in [0.717, 1.165) is 6.07 Å². The number of carbonyl (C=O) groups is 2. The van der Waals surface area contributed by atoms with E-state index in [9.17, 15) is 14.0 Å². The molecule has 1 unspecified atom stereocenters. The van der Waals surface area contributed by atoms with Crippen molar-refractivity contribution in [2.45, 2.75) is 13.0 Å². The molecule has 0 aliphatic heterocycles. The van der Waals surface area contributed by atoms with Crippen LogP contribution in [-0.4, -0.2) is 22.9 Å². The summed E-state index contributed by atoms with van der Waals surface area (Å²) >= 11 is 5.71.